The Morgan fingerprint density at radius 2 is 1.88 bits per heavy atom. The molecule has 2 aliphatic heterocycles. The van der Waals surface area contributed by atoms with Crippen molar-refractivity contribution >= 4 is 23.2 Å². The van der Waals surface area contributed by atoms with Crippen LogP contribution >= 0.6 is 0 Å². The van der Waals surface area contributed by atoms with Gasteiger partial charge in [-0.05, 0) is 38.3 Å². The summed E-state index contributed by atoms with van der Waals surface area (Å²) in [6.45, 7) is 3.24. The zero-order chi connectivity index (χ0) is 18.3. The van der Waals surface area contributed by atoms with Crippen LogP contribution in [0.25, 0.3) is 0 Å². The van der Waals surface area contributed by atoms with Crippen LogP contribution in [0, 0.1) is 18.3 Å². The highest BCUT2D eigenvalue weighted by atomic mass is 16.2. The van der Waals surface area contributed by atoms with Gasteiger partial charge in [0.1, 0.15) is 11.8 Å². The summed E-state index contributed by atoms with van der Waals surface area (Å²) < 4.78 is 1.92. The lowest BCUT2D eigenvalue weighted by atomic mass is 10.1. The molecule has 1 saturated heterocycles. The van der Waals surface area contributed by atoms with Gasteiger partial charge in [0.15, 0.2) is 0 Å². The molecule has 6 heteroatoms. The second kappa shape index (κ2) is 6.34. The van der Waals surface area contributed by atoms with Crippen molar-refractivity contribution in [1.29, 1.82) is 5.26 Å². The van der Waals surface area contributed by atoms with Gasteiger partial charge in [-0.2, -0.15) is 5.26 Å². The van der Waals surface area contributed by atoms with Gasteiger partial charge in [0.25, 0.3) is 5.91 Å². The van der Waals surface area contributed by atoms with Crippen molar-refractivity contribution in [2.75, 3.05) is 16.8 Å². The summed E-state index contributed by atoms with van der Waals surface area (Å²) >= 11 is 0. The molecule has 1 N–H and O–H groups in total. The quantitative estimate of drug-likeness (QED) is 0.926. The first-order valence-corrected chi connectivity index (χ1v) is 8.94. The van der Waals surface area contributed by atoms with Crippen LogP contribution in [0.2, 0.25) is 0 Å². The van der Waals surface area contributed by atoms with E-state index in [2.05, 4.69) is 11.4 Å². The lowest BCUT2D eigenvalue weighted by Gasteiger charge is -2.18. The van der Waals surface area contributed by atoms with E-state index in [1.165, 1.54) is 0 Å². The number of rotatable bonds is 3. The molecule has 0 aliphatic carbocycles. The van der Waals surface area contributed by atoms with Gasteiger partial charge in [-0.25, -0.2) is 0 Å². The van der Waals surface area contributed by atoms with Crippen molar-refractivity contribution in [3.8, 4) is 6.07 Å². The molecule has 2 aromatic rings. The van der Waals surface area contributed by atoms with E-state index in [-0.39, 0.29) is 11.8 Å². The van der Waals surface area contributed by atoms with E-state index in [1.54, 1.807) is 4.90 Å². The highest BCUT2D eigenvalue weighted by Crippen LogP contribution is 2.37. The van der Waals surface area contributed by atoms with Gasteiger partial charge in [0.2, 0.25) is 5.91 Å². The van der Waals surface area contributed by atoms with Crippen LogP contribution in [-0.4, -0.2) is 22.9 Å². The van der Waals surface area contributed by atoms with Crippen LogP contribution in [-0.2, 0) is 17.8 Å². The Balaban J connectivity index is 1.79. The number of hydrogen-bond donors (Lipinski definition) is 1. The van der Waals surface area contributed by atoms with Crippen LogP contribution in [0.1, 0.15) is 46.6 Å². The number of amides is 2. The highest BCUT2D eigenvalue weighted by molar-refractivity contribution is 6.11. The molecule has 1 aromatic carbocycles. The van der Waals surface area contributed by atoms with Gasteiger partial charge >= 0.3 is 0 Å². The summed E-state index contributed by atoms with van der Waals surface area (Å²) in [5.41, 5.74) is 4.09. The van der Waals surface area contributed by atoms with Gasteiger partial charge in [0, 0.05) is 30.9 Å². The first-order chi connectivity index (χ1) is 12.6. The summed E-state index contributed by atoms with van der Waals surface area (Å²) in [5.74, 6) is -0.289. The number of benzene rings is 1. The minimum Gasteiger partial charge on any atom is -0.337 e. The number of carbonyl (C=O) groups excluding carboxylic acids is 2. The predicted octanol–water partition coefficient (Wildman–Crippen LogP) is 2.99. The molecule has 2 amide bonds. The second-order valence-electron chi connectivity index (χ2n) is 6.85. The number of nitrogens with one attached hydrogen (secondary N) is 1. The van der Waals surface area contributed by atoms with Crippen molar-refractivity contribution in [2.45, 2.75) is 39.2 Å². The number of fused-ring (bicyclic) bond motifs is 1. The first kappa shape index (κ1) is 16.4. The van der Waals surface area contributed by atoms with Crippen LogP contribution in [0.3, 0.4) is 0 Å². The second-order valence-corrected chi connectivity index (χ2v) is 6.85. The average Bonchev–Trinajstić information content (AvgIpc) is 3.31. The van der Waals surface area contributed by atoms with E-state index >= 15 is 0 Å². The number of hydrogen-bond acceptors (Lipinski definition) is 3. The van der Waals surface area contributed by atoms with E-state index in [0.29, 0.717) is 42.1 Å². The van der Waals surface area contributed by atoms with Gasteiger partial charge in [-0.15, -0.1) is 0 Å². The first-order valence-electron chi connectivity index (χ1n) is 8.94. The number of carbonyl (C=O) groups is 2. The standard InChI is InChI=1S/C20H20N4O2/c1-13-6-8-14(9-7-13)22-20(26)19-18(24-11-3-5-17(24)25)15(12-21)16-4-2-10-23(16)19/h6-9H,2-5,10-11H2,1H3,(H,22,26). The third-order valence-electron chi connectivity index (χ3n) is 5.12. The van der Waals surface area contributed by atoms with E-state index in [9.17, 15) is 14.9 Å². The summed E-state index contributed by atoms with van der Waals surface area (Å²) in [4.78, 5) is 27.0. The zero-order valence-electron chi connectivity index (χ0n) is 14.7. The molecule has 0 saturated carbocycles. The molecule has 0 radical (unpaired) electrons. The number of anilines is 2. The molecule has 4 rings (SSSR count). The minimum atomic E-state index is -0.270. The van der Waals surface area contributed by atoms with Crippen molar-refractivity contribution in [3.05, 3.63) is 46.8 Å². The Kier molecular flexibility index (Phi) is 4.00. The van der Waals surface area contributed by atoms with Crippen LogP contribution < -0.4 is 10.2 Å². The monoisotopic (exact) mass is 348 g/mol. The minimum absolute atomic E-state index is 0.0184. The lowest BCUT2D eigenvalue weighted by molar-refractivity contribution is -0.117. The Hall–Kier alpha value is -3.07. The molecule has 26 heavy (non-hydrogen) atoms. The summed E-state index contributed by atoms with van der Waals surface area (Å²) in [6.07, 6.45) is 2.88. The highest BCUT2D eigenvalue weighted by Gasteiger charge is 2.36. The third-order valence-corrected chi connectivity index (χ3v) is 5.12. The molecule has 3 heterocycles. The van der Waals surface area contributed by atoms with Crippen LogP contribution in [0.4, 0.5) is 11.4 Å². The average molecular weight is 348 g/mol. The molecular weight excluding hydrogens is 328 g/mol. The fourth-order valence-corrected chi connectivity index (χ4v) is 3.89. The Labute approximate surface area is 152 Å². The van der Waals surface area contributed by atoms with Crippen molar-refractivity contribution in [2.24, 2.45) is 0 Å². The van der Waals surface area contributed by atoms with Crippen LogP contribution in [0.15, 0.2) is 24.3 Å². The number of aromatic nitrogens is 1. The van der Waals surface area contributed by atoms with Gasteiger partial charge in [-0.1, -0.05) is 17.7 Å². The largest absolute Gasteiger partial charge is 0.337 e. The normalized spacial score (nSPS) is 15.8. The van der Waals surface area contributed by atoms with E-state index in [0.717, 1.165) is 30.5 Å². The van der Waals surface area contributed by atoms with Crippen molar-refractivity contribution in [1.82, 2.24) is 4.57 Å². The van der Waals surface area contributed by atoms with Crippen molar-refractivity contribution < 1.29 is 9.59 Å². The SMILES string of the molecule is Cc1ccc(NC(=O)c2c(N3CCCC3=O)c(C#N)c3n2CCC3)cc1. The zero-order valence-corrected chi connectivity index (χ0v) is 14.7. The lowest BCUT2D eigenvalue weighted by Crippen LogP contribution is -2.28. The topological polar surface area (TPSA) is 78.1 Å². The van der Waals surface area contributed by atoms with Gasteiger partial charge in [-0.3, -0.25) is 9.59 Å². The maximum absolute atomic E-state index is 13.1. The molecule has 2 aliphatic rings. The molecule has 0 spiro atoms. The maximum Gasteiger partial charge on any atom is 0.274 e. The third kappa shape index (κ3) is 2.57. The summed E-state index contributed by atoms with van der Waals surface area (Å²) in [5, 5.41) is 12.6. The fraction of sp³-hybridized carbons (Fsp3) is 0.350. The number of nitrogens with zero attached hydrogens (tertiary/aromatic N) is 3. The van der Waals surface area contributed by atoms with E-state index < -0.39 is 0 Å². The predicted molar refractivity (Wildman–Crippen MR) is 98.2 cm³/mol. The van der Waals surface area contributed by atoms with Crippen LogP contribution in [0.5, 0.6) is 0 Å². The molecule has 6 nitrogen and oxygen atoms in total. The number of nitriles is 1. The molecular formula is C20H20N4O2. The smallest absolute Gasteiger partial charge is 0.274 e. The molecule has 1 aromatic heterocycles. The molecule has 132 valence electrons. The Morgan fingerprint density at radius 1 is 1.15 bits per heavy atom. The maximum atomic E-state index is 13.1. The Bertz CT molecular complexity index is 934. The van der Waals surface area contributed by atoms with Gasteiger partial charge < -0.3 is 14.8 Å². The Morgan fingerprint density at radius 3 is 2.54 bits per heavy atom. The molecule has 0 unspecified atom stereocenters. The van der Waals surface area contributed by atoms with Crippen molar-refractivity contribution in [3.63, 3.8) is 0 Å². The number of aryl methyl sites for hydroxylation is 1. The molecule has 1 fully saturated rings. The fourth-order valence-electron chi connectivity index (χ4n) is 3.89. The van der Waals surface area contributed by atoms with Gasteiger partial charge in [0.05, 0.1) is 11.3 Å². The molecule has 0 bridgehead atoms. The van der Waals surface area contributed by atoms with E-state index in [4.69, 9.17) is 0 Å². The summed E-state index contributed by atoms with van der Waals surface area (Å²) in [7, 11) is 0. The van der Waals surface area contributed by atoms with E-state index in [1.807, 2.05) is 35.8 Å². The summed E-state index contributed by atoms with van der Waals surface area (Å²) in [6, 6.07) is 9.82. The molecule has 0 atom stereocenters.